The van der Waals surface area contributed by atoms with E-state index in [9.17, 15) is 9.50 Å². The van der Waals surface area contributed by atoms with Crippen LogP contribution in [0.3, 0.4) is 0 Å². The average Bonchev–Trinajstić information content (AvgIpc) is 2.99. The minimum atomic E-state index is -0.850. The summed E-state index contributed by atoms with van der Waals surface area (Å²) in [4.78, 5) is 0. The Morgan fingerprint density at radius 1 is 0.960 bits per heavy atom. The van der Waals surface area contributed by atoms with Crippen LogP contribution in [0.4, 0.5) is 8.78 Å². The molecular formula is C21H22F2O2. The Labute approximate surface area is 145 Å². The highest BCUT2D eigenvalue weighted by atomic mass is 19.1. The Balaban J connectivity index is 1.80. The molecule has 1 atom stereocenters. The van der Waals surface area contributed by atoms with E-state index in [1.165, 1.54) is 0 Å². The predicted octanol–water partition coefficient (Wildman–Crippen LogP) is 6.03. The van der Waals surface area contributed by atoms with Crippen molar-refractivity contribution in [3.63, 3.8) is 0 Å². The Morgan fingerprint density at radius 3 is 2.24 bits per heavy atom. The van der Waals surface area contributed by atoms with Crippen LogP contribution in [0, 0.1) is 30.4 Å². The third-order valence-electron chi connectivity index (χ3n) is 5.74. The zero-order valence-electron chi connectivity index (χ0n) is 14.5. The molecule has 0 spiro atoms. The minimum Gasteiger partial charge on any atom is -0.450 e. The summed E-state index contributed by atoms with van der Waals surface area (Å²) >= 11 is 0. The maximum atomic E-state index is 15.0. The van der Waals surface area contributed by atoms with Gasteiger partial charge in [0.2, 0.25) is 0 Å². The van der Waals surface area contributed by atoms with Crippen LogP contribution in [0.25, 0.3) is 21.9 Å². The van der Waals surface area contributed by atoms with Gasteiger partial charge in [-0.25, -0.2) is 8.78 Å². The number of halogens is 2. The Kier molecular flexibility index (Phi) is 4.03. The summed E-state index contributed by atoms with van der Waals surface area (Å²) < 4.78 is 34.9. The zero-order valence-corrected chi connectivity index (χ0v) is 14.5. The molecule has 2 nitrogen and oxygen atoms in total. The van der Waals surface area contributed by atoms with Crippen molar-refractivity contribution >= 4 is 21.9 Å². The maximum Gasteiger partial charge on any atom is 0.172 e. The molecule has 4 rings (SSSR count). The van der Waals surface area contributed by atoms with Crippen LogP contribution in [-0.4, -0.2) is 5.11 Å². The molecule has 1 aliphatic rings. The summed E-state index contributed by atoms with van der Waals surface area (Å²) in [5.74, 6) is -0.308. The normalized spacial score (nSPS) is 22.6. The molecule has 0 aliphatic heterocycles. The molecule has 2 aromatic carbocycles. The molecule has 0 amide bonds. The van der Waals surface area contributed by atoms with Gasteiger partial charge < -0.3 is 9.52 Å². The molecule has 4 heteroatoms. The van der Waals surface area contributed by atoms with Crippen molar-refractivity contribution in [3.8, 4) is 0 Å². The van der Waals surface area contributed by atoms with Crippen LogP contribution >= 0.6 is 0 Å². The lowest BCUT2D eigenvalue weighted by Gasteiger charge is -2.30. The molecule has 0 saturated heterocycles. The van der Waals surface area contributed by atoms with Crippen LogP contribution < -0.4 is 0 Å². The van der Waals surface area contributed by atoms with Gasteiger partial charge in [0.1, 0.15) is 0 Å². The van der Waals surface area contributed by atoms with E-state index >= 15 is 4.39 Å². The van der Waals surface area contributed by atoms with Crippen LogP contribution in [-0.2, 0) is 0 Å². The molecule has 1 aliphatic carbocycles. The number of rotatable bonds is 2. The molecule has 3 aromatic rings. The summed E-state index contributed by atoms with van der Waals surface area (Å²) in [6.07, 6.45) is 3.06. The molecule has 0 bridgehead atoms. The first-order chi connectivity index (χ1) is 12.0. The van der Waals surface area contributed by atoms with Gasteiger partial charge in [-0.1, -0.05) is 38.0 Å². The van der Waals surface area contributed by atoms with Gasteiger partial charge >= 0.3 is 0 Å². The van der Waals surface area contributed by atoms with E-state index in [1.807, 2.05) is 0 Å². The Bertz CT molecular complexity index is 936. The number of benzene rings is 2. The van der Waals surface area contributed by atoms with Gasteiger partial charge in [-0.2, -0.15) is 0 Å². The van der Waals surface area contributed by atoms with Crippen molar-refractivity contribution in [3.05, 3.63) is 47.0 Å². The molecule has 1 unspecified atom stereocenters. The lowest BCUT2D eigenvalue weighted by molar-refractivity contribution is 0.0727. The molecule has 132 valence electrons. The van der Waals surface area contributed by atoms with E-state index < -0.39 is 17.7 Å². The highest BCUT2D eigenvalue weighted by Crippen LogP contribution is 2.40. The summed E-state index contributed by atoms with van der Waals surface area (Å²) in [7, 11) is 0. The molecule has 1 N–H and O–H groups in total. The fourth-order valence-electron chi connectivity index (χ4n) is 4.04. The van der Waals surface area contributed by atoms with E-state index in [1.54, 1.807) is 31.2 Å². The van der Waals surface area contributed by atoms with Gasteiger partial charge in [-0.3, -0.25) is 0 Å². The lowest BCUT2D eigenvalue weighted by atomic mass is 9.78. The van der Waals surface area contributed by atoms with Crippen LogP contribution in [0.5, 0.6) is 0 Å². The average molecular weight is 344 g/mol. The fraction of sp³-hybridized carbons (Fsp3) is 0.429. The first-order valence-corrected chi connectivity index (χ1v) is 8.95. The van der Waals surface area contributed by atoms with Gasteiger partial charge in [0, 0.05) is 16.3 Å². The van der Waals surface area contributed by atoms with E-state index in [0.29, 0.717) is 22.3 Å². The minimum absolute atomic E-state index is 0.0280. The topological polar surface area (TPSA) is 33.4 Å². The van der Waals surface area contributed by atoms with Crippen molar-refractivity contribution < 1.29 is 18.3 Å². The standard InChI is InChI=1S/C21H22F2O2/c1-11-3-6-13(7-4-11)19(24)16-10-9-15-14-8-5-12(2)17(22)20(14)25-21(15)18(16)23/h5,8-11,13,19,24H,3-4,6-7H2,1-2H3. The third kappa shape index (κ3) is 2.63. The molecule has 1 fully saturated rings. The lowest BCUT2D eigenvalue weighted by Crippen LogP contribution is -2.20. The molecule has 1 aromatic heterocycles. The van der Waals surface area contributed by atoms with Gasteiger partial charge in [0.15, 0.2) is 22.8 Å². The van der Waals surface area contributed by atoms with E-state index in [2.05, 4.69) is 6.92 Å². The molecular weight excluding hydrogens is 322 g/mol. The number of fused-ring (bicyclic) bond motifs is 3. The summed E-state index contributed by atoms with van der Waals surface area (Å²) in [6.45, 7) is 3.86. The van der Waals surface area contributed by atoms with Crippen LogP contribution in [0.1, 0.15) is 49.8 Å². The SMILES string of the molecule is Cc1ccc2c(oc3c(F)c(C(O)C4CCC(C)CC4)ccc32)c1F. The summed E-state index contributed by atoms with van der Waals surface area (Å²) in [5.41, 5.74) is 0.819. The molecule has 25 heavy (non-hydrogen) atoms. The number of aliphatic hydroxyl groups excluding tert-OH is 1. The van der Waals surface area contributed by atoms with Crippen molar-refractivity contribution in [2.24, 2.45) is 11.8 Å². The van der Waals surface area contributed by atoms with Gasteiger partial charge in [0.05, 0.1) is 6.10 Å². The fourth-order valence-corrected chi connectivity index (χ4v) is 4.04. The van der Waals surface area contributed by atoms with Crippen molar-refractivity contribution in [1.82, 2.24) is 0 Å². The summed E-state index contributed by atoms with van der Waals surface area (Å²) in [6, 6.07) is 6.75. The first kappa shape index (κ1) is 16.5. The first-order valence-electron chi connectivity index (χ1n) is 8.95. The monoisotopic (exact) mass is 344 g/mol. The van der Waals surface area contributed by atoms with Gasteiger partial charge in [0.25, 0.3) is 0 Å². The third-order valence-corrected chi connectivity index (χ3v) is 5.74. The smallest absolute Gasteiger partial charge is 0.172 e. The number of hydrogen-bond acceptors (Lipinski definition) is 2. The summed E-state index contributed by atoms with van der Waals surface area (Å²) in [5, 5.41) is 11.8. The maximum absolute atomic E-state index is 15.0. The second-order valence-corrected chi connectivity index (χ2v) is 7.49. The van der Waals surface area contributed by atoms with Gasteiger partial charge in [-0.15, -0.1) is 0 Å². The van der Waals surface area contributed by atoms with Crippen molar-refractivity contribution in [2.45, 2.75) is 45.6 Å². The number of aryl methyl sites for hydroxylation is 1. The second kappa shape index (κ2) is 6.10. The quantitative estimate of drug-likeness (QED) is 0.615. The molecule has 0 radical (unpaired) electrons. The second-order valence-electron chi connectivity index (χ2n) is 7.49. The van der Waals surface area contributed by atoms with Crippen molar-refractivity contribution in [2.75, 3.05) is 0 Å². The highest BCUT2D eigenvalue weighted by molar-refractivity contribution is 6.05. The molecule has 1 saturated carbocycles. The van der Waals surface area contributed by atoms with E-state index in [0.717, 1.165) is 25.7 Å². The van der Waals surface area contributed by atoms with Crippen molar-refractivity contribution in [1.29, 1.82) is 0 Å². The van der Waals surface area contributed by atoms with E-state index in [4.69, 9.17) is 4.42 Å². The molecule has 1 heterocycles. The largest absolute Gasteiger partial charge is 0.450 e. The Morgan fingerprint density at radius 2 is 1.56 bits per heavy atom. The van der Waals surface area contributed by atoms with Crippen LogP contribution in [0.15, 0.2) is 28.7 Å². The Hall–Kier alpha value is -1.94. The number of hydrogen-bond donors (Lipinski definition) is 1. The predicted molar refractivity (Wildman–Crippen MR) is 94.5 cm³/mol. The number of furan rings is 1. The van der Waals surface area contributed by atoms with E-state index in [-0.39, 0.29) is 22.6 Å². The van der Waals surface area contributed by atoms with Gasteiger partial charge in [-0.05, 0) is 43.2 Å². The number of aliphatic hydroxyl groups is 1. The zero-order chi connectivity index (χ0) is 17.7. The highest BCUT2D eigenvalue weighted by Gasteiger charge is 2.29. The van der Waals surface area contributed by atoms with Crippen LogP contribution in [0.2, 0.25) is 0 Å².